The largest absolute Gasteiger partial charge is 1.00 e. The van der Waals surface area contributed by atoms with Gasteiger partial charge in [0.2, 0.25) is 0 Å². The van der Waals surface area contributed by atoms with Gasteiger partial charge in [0.05, 0.1) is 8.69 Å². The number of hydrogen-bond donors (Lipinski definition) is 0. The van der Waals surface area contributed by atoms with E-state index in [1.54, 1.807) is 0 Å². The Morgan fingerprint density at radius 2 is 1.80 bits per heavy atom. The molecule has 0 aromatic carbocycles. The van der Waals surface area contributed by atoms with Crippen LogP contribution in [0.25, 0.3) is 0 Å². The van der Waals surface area contributed by atoms with E-state index in [-0.39, 0.29) is 82.4 Å². The van der Waals surface area contributed by atoms with E-state index >= 15 is 0 Å². The fourth-order valence-corrected chi connectivity index (χ4v) is 0. The summed E-state index contributed by atoms with van der Waals surface area (Å²) in [6.45, 7) is 0. The molecule has 0 N–H and O–H groups in total. The monoisotopic (exact) mass is 126 g/mol. The van der Waals surface area contributed by atoms with Crippen LogP contribution in [0.2, 0.25) is 0 Å². The molecule has 0 unspecified atom stereocenters. The summed E-state index contributed by atoms with van der Waals surface area (Å²) in [7, 11) is -1.08. The van der Waals surface area contributed by atoms with Crippen LogP contribution in [0.5, 0.6) is 0 Å². The summed E-state index contributed by atoms with van der Waals surface area (Å²) in [6.07, 6.45) is 0. The minimum Gasteiger partial charge on any atom is -1.00 e. The summed E-state index contributed by atoms with van der Waals surface area (Å²) < 4.78 is 8.35. The van der Waals surface area contributed by atoms with Crippen LogP contribution >= 0.6 is 8.69 Å². The van der Waals surface area contributed by atoms with Crippen LogP contribution in [-0.2, 0) is 4.57 Å². The molecule has 0 aliphatic carbocycles. The molecule has 0 aliphatic heterocycles. The van der Waals surface area contributed by atoms with Gasteiger partial charge >= 0.3 is 80.9 Å². The van der Waals surface area contributed by atoms with Crippen molar-refractivity contribution in [3.8, 4) is 0 Å². The van der Waals surface area contributed by atoms with E-state index in [9.17, 15) is 0 Å². The molecule has 2 nitrogen and oxygen atoms in total. The average Bonchev–Trinajstić information content (AvgIpc) is 0.918. The molecule has 0 rings (SSSR count). The van der Waals surface area contributed by atoms with Crippen molar-refractivity contribution in [2.45, 2.75) is 0 Å². The molecule has 0 saturated carbocycles. The maximum atomic E-state index is 8.35. The molecule has 0 aromatic heterocycles. The van der Waals surface area contributed by atoms with Crippen molar-refractivity contribution in [1.29, 1.82) is 0 Å². The van der Waals surface area contributed by atoms with Gasteiger partial charge in [0, 0.05) is 0 Å². The fraction of sp³-hybridized carbons (Fsp3) is 0. The standard InChI is InChI=1S/K.Na.HO2P.H/c;;1-3-2;/h;;(H,1,2);/q2*+1;;-1/p-1. The topological polar surface area (TPSA) is 40.1 Å². The van der Waals surface area contributed by atoms with E-state index in [1.165, 1.54) is 0 Å². The predicted octanol–water partition coefficient (Wildman–Crippen LogP) is -6.33. The van der Waals surface area contributed by atoms with Crippen LogP contribution in [0, 0.1) is 0 Å². The molecule has 5 heteroatoms. The Labute approximate surface area is 98.2 Å². The summed E-state index contributed by atoms with van der Waals surface area (Å²) in [4.78, 5) is 8.35. The average molecular weight is 126 g/mol. The van der Waals surface area contributed by atoms with Gasteiger partial charge in [-0.1, -0.05) is 0 Å². The van der Waals surface area contributed by atoms with Crippen molar-refractivity contribution >= 4 is 8.69 Å². The summed E-state index contributed by atoms with van der Waals surface area (Å²) in [5.74, 6) is 0. The Morgan fingerprint density at radius 1 is 1.80 bits per heavy atom. The second kappa shape index (κ2) is 15.9. The minimum atomic E-state index is -1.08. The van der Waals surface area contributed by atoms with Crippen molar-refractivity contribution in [3.05, 3.63) is 0 Å². The fourth-order valence-electron chi connectivity index (χ4n) is 0. The molecule has 0 spiro atoms. The Kier molecular flexibility index (Phi) is 49.8. The van der Waals surface area contributed by atoms with Crippen LogP contribution < -0.4 is 85.8 Å². The maximum Gasteiger partial charge on any atom is 1.00 e. The Morgan fingerprint density at radius 3 is 1.80 bits per heavy atom. The molecule has 0 fully saturated rings. The van der Waals surface area contributed by atoms with E-state index < -0.39 is 8.69 Å². The Hall–Kier alpha value is 2.70. The second-order valence-corrected chi connectivity index (χ2v) is 0.224. The summed E-state index contributed by atoms with van der Waals surface area (Å²) in [5.41, 5.74) is 0. The Bertz CT molecular complexity index is 21.0. The van der Waals surface area contributed by atoms with Gasteiger partial charge in [-0.05, 0) is 0 Å². The van der Waals surface area contributed by atoms with Gasteiger partial charge in [0.1, 0.15) is 0 Å². The third-order valence-corrected chi connectivity index (χ3v) is 0. The first-order valence-electron chi connectivity index (χ1n) is 0.365. The van der Waals surface area contributed by atoms with Crippen molar-refractivity contribution in [2.75, 3.05) is 0 Å². The van der Waals surface area contributed by atoms with Gasteiger partial charge in [0.15, 0.2) is 0 Å². The molecule has 0 amide bonds. The summed E-state index contributed by atoms with van der Waals surface area (Å²) >= 11 is 0. The van der Waals surface area contributed by atoms with Crippen LogP contribution in [-0.4, -0.2) is 0 Å². The quantitative estimate of drug-likeness (QED) is 0.239. The Balaban J connectivity index is -0.00000000667. The minimum absolute atomic E-state index is 0. The van der Waals surface area contributed by atoms with Gasteiger partial charge < -0.3 is 6.32 Å². The maximum absolute atomic E-state index is 8.35. The summed E-state index contributed by atoms with van der Waals surface area (Å²) in [5, 5.41) is 0. The molecular formula is HKNaO2P. The zero-order valence-electron chi connectivity index (χ0n) is 4.26. The molecule has 0 aromatic rings. The molecule has 0 bridgehead atoms. The molecule has 0 atom stereocenters. The van der Waals surface area contributed by atoms with E-state index in [4.69, 9.17) is 9.46 Å². The van der Waals surface area contributed by atoms with Gasteiger partial charge in [-0.25, -0.2) is 0 Å². The van der Waals surface area contributed by atoms with Crippen molar-refractivity contribution in [1.82, 2.24) is 0 Å². The van der Waals surface area contributed by atoms with Crippen LogP contribution in [0.3, 0.4) is 0 Å². The normalized spacial score (nSPS) is 4.20. The smallest absolute Gasteiger partial charge is 1.00 e. The first-order valence-corrected chi connectivity index (χ1v) is 1.10. The van der Waals surface area contributed by atoms with E-state index in [2.05, 4.69) is 0 Å². The number of hydrogen-bond acceptors (Lipinski definition) is 2. The first kappa shape index (κ1) is 15.6. The molecule has 20 valence electrons. The predicted molar refractivity (Wildman–Crippen MR) is 8.72 cm³/mol. The van der Waals surface area contributed by atoms with E-state index in [0.29, 0.717) is 0 Å². The molecule has 0 saturated heterocycles. The SMILES string of the molecule is O=P[O-].[H-].[K+].[Na+]. The van der Waals surface area contributed by atoms with E-state index in [1.807, 2.05) is 0 Å². The van der Waals surface area contributed by atoms with Crippen molar-refractivity contribution < 1.29 is 91.8 Å². The summed E-state index contributed by atoms with van der Waals surface area (Å²) in [6, 6.07) is 0. The number of rotatable bonds is 0. The van der Waals surface area contributed by atoms with Gasteiger partial charge in [0.25, 0.3) is 0 Å². The van der Waals surface area contributed by atoms with Gasteiger partial charge in [-0.2, -0.15) is 0 Å². The zero-order chi connectivity index (χ0) is 2.71. The first-order chi connectivity index (χ1) is 1.41. The molecule has 5 heavy (non-hydrogen) atoms. The van der Waals surface area contributed by atoms with Crippen molar-refractivity contribution in [2.24, 2.45) is 0 Å². The third kappa shape index (κ3) is 20.3. The van der Waals surface area contributed by atoms with Gasteiger partial charge in [-0.15, -0.1) is 0 Å². The van der Waals surface area contributed by atoms with Crippen LogP contribution in [0.1, 0.15) is 1.43 Å². The molecule has 0 radical (unpaired) electrons. The zero-order valence-corrected chi connectivity index (χ0v) is 9.28. The third-order valence-electron chi connectivity index (χ3n) is 0. The second-order valence-electron chi connectivity index (χ2n) is 0.0745. The molecule has 0 aliphatic rings. The van der Waals surface area contributed by atoms with Crippen LogP contribution in [0.4, 0.5) is 0 Å². The molecular weight excluding hydrogens is 125 g/mol. The molecule has 0 heterocycles. The van der Waals surface area contributed by atoms with Crippen molar-refractivity contribution in [3.63, 3.8) is 0 Å². The van der Waals surface area contributed by atoms with Gasteiger partial charge in [-0.3, -0.25) is 4.57 Å². The van der Waals surface area contributed by atoms with E-state index in [0.717, 1.165) is 0 Å². The van der Waals surface area contributed by atoms with Crippen LogP contribution in [0.15, 0.2) is 0 Å².